The van der Waals surface area contributed by atoms with Gasteiger partial charge in [0.15, 0.2) is 0 Å². The topological polar surface area (TPSA) is 103 Å². The number of aromatic nitrogens is 2. The van der Waals surface area contributed by atoms with Gasteiger partial charge in [-0.3, -0.25) is 4.99 Å². The second kappa shape index (κ2) is 11.9. The predicted molar refractivity (Wildman–Crippen MR) is 137 cm³/mol. The number of benzene rings is 1. The number of nitrogens with zero attached hydrogens (tertiary/aromatic N) is 5. The van der Waals surface area contributed by atoms with Crippen molar-refractivity contribution in [3.8, 4) is 0 Å². The largest absolute Gasteiger partial charge is 0.404 e. The van der Waals surface area contributed by atoms with Gasteiger partial charge in [0.05, 0.1) is 18.0 Å². The van der Waals surface area contributed by atoms with Crippen molar-refractivity contribution in [3.63, 3.8) is 0 Å². The number of aryl methyl sites for hydroxylation is 1. The van der Waals surface area contributed by atoms with Gasteiger partial charge in [0.1, 0.15) is 5.82 Å². The lowest BCUT2D eigenvalue weighted by Gasteiger charge is -2.37. The summed E-state index contributed by atoms with van der Waals surface area (Å²) < 4.78 is 15.0. The highest BCUT2D eigenvalue weighted by Crippen LogP contribution is 2.28. The van der Waals surface area contributed by atoms with Crippen molar-refractivity contribution < 1.29 is 9.50 Å². The van der Waals surface area contributed by atoms with E-state index in [1.807, 2.05) is 33.9 Å². The van der Waals surface area contributed by atoms with E-state index in [2.05, 4.69) is 30.1 Å². The molecule has 1 aliphatic rings. The van der Waals surface area contributed by atoms with Crippen molar-refractivity contribution >= 4 is 29.1 Å². The standard InChI is InChI=1S/C25H36FN7O/c1-17(2)28-16-19(14-27)24-18(3)15-29-25(31-24)30-20-5-6-23(22(26)13-20)33-9-7-21(8-10-33)32(4)11-12-34/h5-6,13-17,21,34H,7-12,27H2,1-4H3,(H,29,30,31). The molecule has 0 atom stereocenters. The Morgan fingerprint density at radius 1 is 1.38 bits per heavy atom. The highest BCUT2D eigenvalue weighted by Gasteiger charge is 2.24. The van der Waals surface area contributed by atoms with Crippen molar-refractivity contribution in [2.75, 3.05) is 43.5 Å². The second-order valence-corrected chi connectivity index (χ2v) is 8.93. The molecule has 34 heavy (non-hydrogen) atoms. The van der Waals surface area contributed by atoms with Crippen molar-refractivity contribution in [2.24, 2.45) is 10.7 Å². The van der Waals surface area contributed by atoms with Gasteiger partial charge in [0.2, 0.25) is 5.95 Å². The molecule has 1 aliphatic heterocycles. The first-order valence-electron chi connectivity index (χ1n) is 11.7. The molecule has 2 aromatic rings. The van der Waals surface area contributed by atoms with Crippen LogP contribution >= 0.6 is 0 Å². The third-order valence-corrected chi connectivity index (χ3v) is 6.02. The minimum atomic E-state index is -0.286. The molecule has 3 rings (SSSR count). The van der Waals surface area contributed by atoms with E-state index in [4.69, 9.17) is 10.8 Å². The number of likely N-dealkylation sites (N-methyl/N-ethyl adjacent to an activating group) is 1. The molecule has 0 spiro atoms. The van der Waals surface area contributed by atoms with Crippen LogP contribution in [0.5, 0.6) is 0 Å². The van der Waals surface area contributed by atoms with Crippen molar-refractivity contribution in [2.45, 2.75) is 45.7 Å². The molecule has 8 nitrogen and oxygen atoms in total. The van der Waals surface area contributed by atoms with Gasteiger partial charge in [-0.1, -0.05) is 0 Å². The Balaban J connectivity index is 1.70. The zero-order valence-corrected chi connectivity index (χ0v) is 20.5. The van der Waals surface area contributed by atoms with Crippen LogP contribution in [-0.4, -0.2) is 71.6 Å². The smallest absolute Gasteiger partial charge is 0.227 e. The van der Waals surface area contributed by atoms with Crippen LogP contribution in [0.4, 0.5) is 21.7 Å². The molecule has 0 amide bonds. The van der Waals surface area contributed by atoms with Gasteiger partial charge >= 0.3 is 0 Å². The van der Waals surface area contributed by atoms with Crippen molar-refractivity contribution in [1.29, 1.82) is 0 Å². The normalized spacial score (nSPS) is 15.6. The number of nitrogens with one attached hydrogen (secondary N) is 1. The summed E-state index contributed by atoms with van der Waals surface area (Å²) in [7, 11) is 2.03. The average Bonchev–Trinajstić information content (AvgIpc) is 2.81. The Hall–Kier alpha value is -3.04. The minimum absolute atomic E-state index is 0.142. The number of allylic oxidation sites excluding steroid dienone is 1. The van der Waals surface area contributed by atoms with Crippen LogP contribution in [0, 0.1) is 12.7 Å². The van der Waals surface area contributed by atoms with Crippen LogP contribution in [0.1, 0.15) is 37.9 Å². The summed E-state index contributed by atoms with van der Waals surface area (Å²) in [5.74, 6) is 0.0730. The molecule has 0 radical (unpaired) electrons. The molecule has 0 saturated carbocycles. The number of hydrogen-bond acceptors (Lipinski definition) is 8. The quantitative estimate of drug-likeness (QED) is 0.484. The first-order chi connectivity index (χ1) is 16.3. The predicted octanol–water partition coefficient (Wildman–Crippen LogP) is 3.34. The van der Waals surface area contributed by atoms with Gasteiger partial charge in [0, 0.05) is 61.6 Å². The maximum Gasteiger partial charge on any atom is 0.227 e. The maximum absolute atomic E-state index is 15.0. The molecule has 1 fully saturated rings. The zero-order chi connectivity index (χ0) is 24.7. The lowest BCUT2D eigenvalue weighted by Crippen LogP contribution is -2.44. The lowest BCUT2D eigenvalue weighted by atomic mass is 10.0. The summed E-state index contributed by atoms with van der Waals surface area (Å²) in [5, 5.41) is 12.2. The third-order valence-electron chi connectivity index (χ3n) is 6.02. The molecule has 0 unspecified atom stereocenters. The van der Waals surface area contributed by atoms with E-state index in [-0.39, 0.29) is 18.5 Å². The van der Waals surface area contributed by atoms with Crippen LogP contribution in [0.15, 0.2) is 35.6 Å². The molecular weight excluding hydrogens is 433 g/mol. The lowest BCUT2D eigenvalue weighted by molar-refractivity contribution is 0.161. The van der Waals surface area contributed by atoms with Crippen molar-refractivity contribution in [1.82, 2.24) is 14.9 Å². The van der Waals surface area contributed by atoms with Crippen molar-refractivity contribution in [3.05, 3.63) is 47.7 Å². The average molecular weight is 470 g/mol. The van der Waals surface area contributed by atoms with E-state index in [0.717, 1.165) is 31.5 Å². The van der Waals surface area contributed by atoms with E-state index in [1.165, 1.54) is 12.3 Å². The third kappa shape index (κ3) is 6.51. The number of hydrogen-bond donors (Lipinski definition) is 3. The summed E-state index contributed by atoms with van der Waals surface area (Å²) in [5.41, 5.74) is 9.22. The van der Waals surface area contributed by atoms with E-state index in [0.29, 0.717) is 41.2 Å². The number of aliphatic hydroxyl groups is 1. The zero-order valence-electron chi connectivity index (χ0n) is 20.5. The fraction of sp³-hybridized carbons (Fsp3) is 0.480. The molecule has 0 bridgehead atoms. The van der Waals surface area contributed by atoms with Gasteiger partial charge in [-0.25, -0.2) is 14.4 Å². The summed E-state index contributed by atoms with van der Waals surface area (Å²) in [4.78, 5) is 17.6. The summed E-state index contributed by atoms with van der Waals surface area (Å²) in [6, 6.07) is 5.67. The van der Waals surface area contributed by atoms with Gasteiger partial charge in [-0.05, 0) is 64.4 Å². The Morgan fingerprint density at radius 3 is 2.74 bits per heavy atom. The first-order valence-corrected chi connectivity index (χ1v) is 11.7. The van der Waals surface area contributed by atoms with Gasteiger partial charge in [0.25, 0.3) is 0 Å². The minimum Gasteiger partial charge on any atom is -0.404 e. The Morgan fingerprint density at radius 2 is 2.12 bits per heavy atom. The van der Waals surface area contributed by atoms with E-state index in [9.17, 15) is 0 Å². The monoisotopic (exact) mass is 469 g/mol. The van der Waals surface area contributed by atoms with Crippen LogP contribution in [0.3, 0.4) is 0 Å². The Bertz CT molecular complexity index is 1020. The number of anilines is 3. The number of aliphatic imine (C=N–C) groups is 1. The van der Waals surface area contributed by atoms with Gasteiger partial charge in [-0.2, -0.15) is 0 Å². The summed E-state index contributed by atoms with van der Waals surface area (Å²) in [6.45, 7) is 8.25. The molecule has 1 aromatic carbocycles. The second-order valence-electron chi connectivity index (χ2n) is 8.93. The Labute approximate surface area is 201 Å². The molecule has 2 heterocycles. The van der Waals surface area contributed by atoms with E-state index >= 15 is 4.39 Å². The van der Waals surface area contributed by atoms with E-state index < -0.39 is 0 Å². The molecule has 184 valence electrons. The fourth-order valence-corrected chi connectivity index (χ4v) is 4.07. The Kier molecular flexibility index (Phi) is 8.95. The van der Waals surface area contributed by atoms with Gasteiger partial charge < -0.3 is 26.0 Å². The van der Waals surface area contributed by atoms with Crippen LogP contribution in [0.25, 0.3) is 5.57 Å². The number of halogens is 1. The van der Waals surface area contributed by atoms with E-state index in [1.54, 1.807) is 18.5 Å². The number of nitrogens with two attached hydrogens (primary N) is 1. The number of piperidine rings is 1. The highest BCUT2D eigenvalue weighted by atomic mass is 19.1. The molecule has 4 N–H and O–H groups in total. The van der Waals surface area contributed by atoms with Crippen LogP contribution < -0.4 is 16.0 Å². The van der Waals surface area contributed by atoms with Crippen LogP contribution in [-0.2, 0) is 0 Å². The fourth-order valence-electron chi connectivity index (χ4n) is 4.07. The molecule has 1 saturated heterocycles. The molecule has 0 aliphatic carbocycles. The summed E-state index contributed by atoms with van der Waals surface area (Å²) >= 11 is 0. The number of aliphatic hydroxyl groups excluding tert-OH is 1. The number of rotatable bonds is 9. The molecule has 1 aromatic heterocycles. The molecular formula is C25H36FN7O. The van der Waals surface area contributed by atoms with Crippen LogP contribution in [0.2, 0.25) is 0 Å². The SMILES string of the molecule is Cc1cnc(Nc2ccc(N3CCC(N(C)CCO)CC3)c(F)c2)nc1C(C=NC(C)C)=CN. The summed E-state index contributed by atoms with van der Waals surface area (Å²) in [6.07, 6.45) is 6.77. The highest BCUT2D eigenvalue weighted by molar-refractivity contribution is 6.09. The molecule has 9 heteroatoms. The van der Waals surface area contributed by atoms with Gasteiger partial charge in [-0.15, -0.1) is 0 Å². The maximum atomic E-state index is 15.0. The first kappa shape index (κ1) is 25.6.